The molecule has 0 saturated heterocycles. The minimum absolute atomic E-state index is 0.447. The van der Waals surface area contributed by atoms with Gasteiger partial charge in [0.25, 0.3) is 0 Å². The summed E-state index contributed by atoms with van der Waals surface area (Å²) in [6.45, 7) is 3.00. The smallest absolute Gasteiger partial charge is 0.0700 e. The van der Waals surface area contributed by atoms with E-state index in [2.05, 4.69) is 0 Å². The van der Waals surface area contributed by atoms with E-state index < -0.39 is 0 Å². The Morgan fingerprint density at radius 3 is 2.33 bits per heavy atom. The first-order chi connectivity index (χ1) is 5.91. The average Bonchev–Trinajstić information content (AvgIpc) is 2.10. The van der Waals surface area contributed by atoms with Crippen LogP contribution in [0.3, 0.4) is 0 Å². The van der Waals surface area contributed by atoms with Gasteiger partial charge >= 0.3 is 0 Å². The molecule has 12 heavy (non-hydrogen) atoms. The van der Waals surface area contributed by atoms with E-state index in [9.17, 15) is 0 Å². The molecule has 4 heteroatoms. The fourth-order valence-corrected chi connectivity index (χ4v) is 0.625. The van der Waals surface area contributed by atoms with Gasteiger partial charge in [0, 0.05) is 6.61 Å². The van der Waals surface area contributed by atoms with Crippen LogP contribution in [-0.4, -0.2) is 33.0 Å². The summed E-state index contributed by atoms with van der Waals surface area (Å²) >= 11 is 0. The van der Waals surface area contributed by atoms with Gasteiger partial charge in [0.05, 0.1) is 32.3 Å². The first kappa shape index (κ1) is 11.4. The maximum atomic E-state index is 8.16. The highest BCUT2D eigenvalue weighted by Gasteiger charge is 1.88. The van der Waals surface area contributed by atoms with Crippen molar-refractivity contribution in [2.45, 2.75) is 12.8 Å². The van der Waals surface area contributed by atoms with Crippen LogP contribution in [0, 0.1) is 11.3 Å². The van der Waals surface area contributed by atoms with Gasteiger partial charge in [-0.25, -0.2) is 0 Å². The number of nitrogens with zero attached hydrogens (tertiary/aromatic N) is 1. The third-order valence-electron chi connectivity index (χ3n) is 1.22. The van der Waals surface area contributed by atoms with E-state index in [1.165, 1.54) is 0 Å². The Balaban J connectivity index is 2.78. The van der Waals surface area contributed by atoms with Crippen LogP contribution in [0.25, 0.3) is 0 Å². The molecule has 2 N–H and O–H groups in total. The van der Waals surface area contributed by atoms with Crippen molar-refractivity contribution in [1.29, 1.82) is 5.26 Å². The Hall–Kier alpha value is -0.630. The number of hydrogen-bond acceptors (Lipinski definition) is 4. The van der Waals surface area contributed by atoms with Crippen LogP contribution in [0.2, 0.25) is 0 Å². The van der Waals surface area contributed by atoms with E-state index >= 15 is 0 Å². The minimum Gasteiger partial charge on any atom is -0.379 e. The topological polar surface area (TPSA) is 68.3 Å². The molecule has 0 saturated carbocycles. The zero-order chi connectivity index (χ0) is 9.07. The lowest BCUT2D eigenvalue weighted by Gasteiger charge is -2.02. The molecule has 0 fully saturated rings. The van der Waals surface area contributed by atoms with Gasteiger partial charge in [-0.2, -0.15) is 5.26 Å². The Morgan fingerprint density at radius 1 is 1.08 bits per heavy atom. The molecule has 0 bridgehead atoms. The van der Waals surface area contributed by atoms with E-state index in [-0.39, 0.29) is 0 Å². The van der Waals surface area contributed by atoms with Crippen LogP contribution in [-0.2, 0) is 9.47 Å². The summed E-state index contributed by atoms with van der Waals surface area (Å²) in [6.07, 6.45) is 1.33. The van der Waals surface area contributed by atoms with Gasteiger partial charge in [-0.05, 0) is 13.0 Å². The second-order valence-corrected chi connectivity index (χ2v) is 2.28. The number of ether oxygens (including phenoxy) is 2. The van der Waals surface area contributed by atoms with E-state index in [1.807, 2.05) is 6.07 Å². The van der Waals surface area contributed by atoms with Crippen molar-refractivity contribution >= 4 is 0 Å². The van der Waals surface area contributed by atoms with Crippen LogP contribution in [0.4, 0.5) is 0 Å². The number of hydrogen-bond donors (Lipinski definition) is 1. The fourth-order valence-electron chi connectivity index (χ4n) is 0.625. The second-order valence-electron chi connectivity index (χ2n) is 2.28. The molecule has 0 aromatic rings. The predicted octanol–water partition coefficient (Wildman–Crippen LogP) is 0.282. The minimum atomic E-state index is 0.447. The lowest BCUT2D eigenvalue weighted by Crippen LogP contribution is -2.08. The Morgan fingerprint density at radius 2 is 1.75 bits per heavy atom. The van der Waals surface area contributed by atoms with E-state index in [0.29, 0.717) is 39.4 Å². The van der Waals surface area contributed by atoms with Gasteiger partial charge < -0.3 is 15.2 Å². The molecule has 0 rings (SSSR count). The molecule has 0 amide bonds. The summed E-state index contributed by atoms with van der Waals surface area (Å²) in [7, 11) is 0. The molecule has 0 heterocycles. The lowest BCUT2D eigenvalue weighted by atomic mass is 10.5. The number of nitriles is 1. The summed E-state index contributed by atoms with van der Waals surface area (Å²) in [4.78, 5) is 0. The maximum Gasteiger partial charge on any atom is 0.0700 e. The van der Waals surface area contributed by atoms with Crippen molar-refractivity contribution in [3.8, 4) is 6.07 Å². The molecular formula is C8H16N2O2. The number of rotatable bonds is 8. The molecule has 0 aromatic heterocycles. The molecule has 0 aliphatic heterocycles. The second kappa shape index (κ2) is 10.4. The Bertz CT molecular complexity index is 123. The quantitative estimate of drug-likeness (QED) is 0.534. The van der Waals surface area contributed by atoms with E-state index in [4.69, 9.17) is 20.5 Å². The SMILES string of the molecule is N#CCCOCCOCCCN. The first-order valence-electron chi connectivity index (χ1n) is 4.14. The normalized spacial score (nSPS) is 9.67. The highest BCUT2D eigenvalue weighted by Crippen LogP contribution is 1.83. The van der Waals surface area contributed by atoms with Crippen molar-refractivity contribution < 1.29 is 9.47 Å². The van der Waals surface area contributed by atoms with Crippen molar-refractivity contribution in [3.63, 3.8) is 0 Å². The van der Waals surface area contributed by atoms with Gasteiger partial charge in [0.15, 0.2) is 0 Å². The molecule has 0 atom stereocenters. The fraction of sp³-hybridized carbons (Fsp3) is 0.875. The van der Waals surface area contributed by atoms with Crippen LogP contribution in [0.15, 0.2) is 0 Å². The third kappa shape index (κ3) is 9.37. The zero-order valence-corrected chi connectivity index (χ0v) is 7.29. The van der Waals surface area contributed by atoms with Gasteiger partial charge in [0.1, 0.15) is 0 Å². The van der Waals surface area contributed by atoms with Crippen molar-refractivity contribution in [3.05, 3.63) is 0 Å². The van der Waals surface area contributed by atoms with Crippen molar-refractivity contribution in [2.75, 3.05) is 33.0 Å². The summed E-state index contributed by atoms with van der Waals surface area (Å²) in [5.41, 5.74) is 5.26. The molecular weight excluding hydrogens is 156 g/mol. The van der Waals surface area contributed by atoms with Gasteiger partial charge in [-0.3, -0.25) is 0 Å². The average molecular weight is 172 g/mol. The van der Waals surface area contributed by atoms with Gasteiger partial charge in [-0.1, -0.05) is 0 Å². The van der Waals surface area contributed by atoms with Gasteiger partial charge in [0.2, 0.25) is 0 Å². The maximum absolute atomic E-state index is 8.16. The highest BCUT2D eigenvalue weighted by molar-refractivity contribution is 4.66. The van der Waals surface area contributed by atoms with Crippen molar-refractivity contribution in [2.24, 2.45) is 5.73 Å². The van der Waals surface area contributed by atoms with Crippen molar-refractivity contribution in [1.82, 2.24) is 0 Å². The molecule has 0 radical (unpaired) electrons. The molecule has 0 unspecified atom stereocenters. The van der Waals surface area contributed by atoms with E-state index in [0.717, 1.165) is 6.42 Å². The molecule has 0 aromatic carbocycles. The van der Waals surface area contributed by atoms with Crippen LogP contribution in [0.5, 0.6) is 0 Å². The molecule has 0 aliphatic rings. The van der Waals surface area contributed by atoms with E-state index in [1.54, 1.807) is 0 Å². The Labute approximate surface area is 73.3 Å². The number of nitrogens with two attached hydrogens (primary N) is 1. The third-order valence-corrected chi connectivity index (χ3v) is 1.22. The summed E-state index contributed by atoms with van der Waals surface area (Å²) in [6, 6.07) is 2.00. The Kier molecular flexibility index (Phi) is 9.83. The van der Waals surface area contributed by atoms with Crippen LogP contribution in [0.1, 0.15) is 12.8 Å². The van der Waals surface area contributed by atoms with Gasteiger partial charge in [-0.15, -0.1) is 0 Å². The summed E-state index contributed by atoms with van der Waals surface area (Å²) < 4.78 is 10.2. The summed E-state index contributed by atoms with van der Waals surface area (Å²) in [5, 5.41) is 8.16. The highest BCUT2D eigenvalue weighted by atomic mass is 16.5. The predicted molar refractivity (Wildman–Crippen MR) is 45.5 cm³/mol. The molecule has 70 valence electrons. The first-order valence-corrected chi connectivity index (χ1v) is 4.14. The monoisotopic (exact) mass is 172 g/mol. The standard InChI is InChI=1S/C8H16N2O2/c9-3-1-5-11-7-8-12-6-2-4-10/h1-3,5-9H2. The zero-order valence-electron chi connectivity index (χ0n) is 7.29. The summed E-state index contributed by atoms with van der Waals surface area (Å²) in [5.74, 6) is 0. The largest absolute Gasteiger partial charge is 0.379 e. The molecule has 0 spiro atoms. The molecule has 0 aliphatic carbocycles. The lowest BCUT2D eigenvalue weighted by molar-refractivity contribution is 0.0495. The van der Waals surface area contributed by atoms with Crippen LogP contribution < -0.4 is 5.73 Å². The molecule has 4 nitrogen and oxygen atoms in total. The van der Waals surface area contributed by atoms with Crippen LogP contribution >= 0.6 is 0 Å².